The molecule has 4 aromatic carbocycles. The number of benzene rings is 4. The fourth-order valence-electron chi connectivity index (χ4n) is 5.59. The van der Waals surface area contributed by atoms with E-state index in [0.717, 1.165) is 39.9 Å². The first kappa shape index (κ1) is 27.2. The van der Waals surface area contributed by atoms with Crippen LogP contribution in [0.3, 0.4) is 0 Å². The standard InChI is InChI=1S/C34H35N3O3/c1-22-17-27(38)18-23(2)28(22)21-30(35)33(39)36-31-15-16-37(34(40)26-11-7-4-8-12-26)32-14-13-25(20-29(31)32)19-24-9-5-3-6-10-24/h3-14,17-18,20,30-31,38H,15-16,19,21,35H2,1-2H3,(H,36,39)/t30-,31+/m0/s1. The number of hydrogen-bond acceptors (Lipinski definition) is 4. The van der Waals surface area contributed by atoms with Crippen molar-refractivity contribution in [2.75, 3.05) is 11.4 Å². The van der Waals surface area contributed by atoms with Gasteiger partial charge in [-0.05, 0) is 96.8 Å². The van der Waals surface area contributed by atoms with Crippen molar-refractivity contribution >= 4 is 17.5 Å². The summed E-state index contributed by atoms with van der Waals surface area (Å²) in [4.78, 5) is 28.6. The Morgan fingerprint density at radius 3 is 2.25 bits per heavy atom. The van der Waals surface area contributed by atoms with Crippen molar-refractivity contribution in [2.45, 2.75) is 45.2 Å². The number of aryl methyl sites for hydroxylation is 2. The number of rotatable bonds is 7. The first-order valence-corrected chi connectivity index (χ1v) is 13.7. The minimum absolute atomic E-state index is 0.0579. The molecule has 4 N–H and O–H groups in total. The third kappa shape index (κ3) is 5.92. The summed E-state index contributed by atoms with van der Waals surface area (Å²) in [7, 11) is 0. The molecule has 0 saturated heterocycles. The highest BCUT2D eigenvalue weighted by Gasteiger charge is 2.31. The molecule has 204 valence electrons. The second-order valence-corrected chi connectivity index (χ2v) is 10.6. The number of hydrogen-bond donors (Lipinski definition) is 3. The fraction of sp³-hybridized carbons (Fsp3) is 0.235. The molecule has 0 saturated carbocycles. The van der Waals surface area contributed by atoms with Crippen molar-refractivity contribution in [1.29, 1.82) is 0 Å². The lowest BCUT2D eigenvalue weighted by molar-refractivity contribution is -0.123. The van der Waals surface area contributed by atoms with Gasteiger partial charge >= 0.3 is 0 Å². The number of nitrogens with one attached hydrogen (secondary N) is 1. The van der Waals surface area contributed by atoms with Crippen LogP contribution in [0, 0.1) is 13.8 Å². The van der Waals surface area contributed by atoms with E-state index in [4.69, 9.17) is 5.73 Å². The van der Waals surface area contributed by atoms with Gasteiger partial charge in [0.25, 0.3) is 5.91 Å². The summed E-state index contributed by atoms with van der Waals surface area (Å²) in [6.45, 7) is 4.31. The fourth-order valence-corrected chi connectivity index (χ4v) is 5.59. The van der Waals surface area contributed by atoms with Crippen molar-refractivity contribution in [1.82, 2.24) is 5.32 Å². The number of nitrogens with two attached hydrogens (primary N) is 1. The molecule has 2 atom stereocenters. The van der Waals surface area contributed by atoms with Gasteiger partial charge in [-0.1, -0.05) is 60.7 Å². The normalized spacial score (nSPS) is 15.3. The molecule has 0 aromatic heterocycles. The van der Waals surface area contributed by atoms with Crippen LogP contribution >= 0.6 is 0 Å². The molecule has 0 aliphatic carbocycles. The number of amides is 2. The first-order chi connectivity index (χ1) is 19.3. The quantitative estimate of drug-likeness (QED) is 0.297. The minimum atomic E-state index is -0.748. The predicted molar refractivity (Wildman–Crippen MR) is 159 cm³/mol. The molecule has 6 nitrogen and oxygen atoms in total. The van der Waals surface area contributed by atoms with Crippen molar-refractivity contribution < 1.29 is 14.7 Å². The zero-order valence-corrected chi connectivity index (χ0v) is 22.9. The second-order valence-electron chi connectivity index (χ2n) is 10.6. The van der Waals surface area contributed by atoms with Gasteiger partial charge in [0.2, 0.25) is 5.91 Å². The third-order valence-corrected chi connectivity index (χ3v) is 7.67. The average molecular weight is 534 g/mol. The van der Waals surface area contributed by atoms with E-state index >= 15 is 0 Å². The van der Waals surface area contributed by atoms with E-state index in [1.807, 2.05) is 73.3 Å². The second kappa shape index (κ2) is 11.8. The smallest absolute Gasteiger partial charge is 0.258 e. The molecule has 1 heterocycles. The molecule has 2 amide bonds. The molecule has 1 aliphatic heterocycles. The van der Waals surface area contributed by atoms with Gasteiger partial charge in [0.1, 0.15) is 5.75 Å². The van der Waals surface area contributed by atoms with Crippen LogP contribution < -0.4 is 16.0 Å². The van der Waals surface area contributed by atoms with E-state index in [2.05, 4.69) is 29.6 Å². The van der Waals surface area contributed by atoms with Crippen LogP contribution in [0.15, 0.2) is 91.0 Å². The topological polar surface area (TPSA) is 95.7 Å². The molecule has 0 bridgehead atoms. The summed E-state index contributed by atoms with van der Waals surface area (Å²) in [5.74, 6) is -0.0898. The zero-order chi connectivity index (χ0) is 28.2. The molecule has 4 aromatic rings. The maximum Gasteiger partial charge on any atom is 0.258 e. The summed E-state index contributed by atoms with van der Waals surface area (Å²) in [5, 5.41) is 13.1. The van der Waals surface area contributed by atoms with E-state index in [-0.39, 0.29) is 23.6 Å². The summed E-state index contributed by atoms with van der Waals surface area (Å²) < 4.78 is 0. The van der Waals surface area contributed by atoms with Gasteiger partial charge in [0.15, 0.2) is 0 Å². The lowest BCUT2D eigenvalue weighted by atomic mass is 9.91. The Labute approximate surface area is 235 Å². The van der Waals surface area contributed by atoms with Gasteiger partial charge < -0.3 is 21.1 Å². The van der Waals surface area contributed by atoms with E-state index in [1.54, 1.807) is 12.1 Å². The van der Waals surface area contributed by atoms with E-state index in [1.165, 1.54) is 5.56 Å². The molecule has 0 unspecified atom stereocenters. The van der Waals surface area contributed by atoms with Crippen LogP contribution in [0.4, 0.5) is 5.69 Å². The van der Waals surface area contributed by atoms with E-state index in [9.17, 15) is 14.7 Å². The van der Waals surface area contributed by atoms with Crippen molar-refractivity contribution in [2.24, 2.45) is 5.73 Å². The van der Waals surface area contributed by atoms with Crippen LogP contribution in [0.2, 0.25) is 0 Å². The van der Waals surface area contributed by atoms with Crippen molar-refractivity contribution in [3.63, 3.8) is 0 Å². The van der Waals surface area contributed by atoms with Gasteiger partial charge in [0.05, 0.1) is 12.1 Å². The lowest BCUT2D eigenvalue weighted by Gasteiger charge is -2.35. The Morgan fingerprint density at radius 1 is 0.925 bits per heavy atom. The third-order valence-electron chi connectivity index (χ3n) is 7.67. The van der Waals surface area contributed by atoms with Gasteiger partial charge in [-0.2, -0.15) is 0 Å². The number of fused-ring (bicyclic) bond motifs is 1. The summed E-state index contributed by atoms with van der Waals surface area (Å²) in [6, 6.07) is 28.0. The minimum Gasteiger partial charge on any atom is -0.508 e. The summed E-state index contributed by atoms with van der Waals surface area (Å²) in [6.07, 6.45) is 1.70. The molecule has 0 spiro atoms. The highest BCUT2D eigenvalue weighted by atomic mass is 16.3. The number of aromatic hydroxyl groups is 1. The highest BCUT2D eigenvalue weighted by molar-refractivity contribution is 6.07. The number of nitrogens with zero attached hydrogens (tertiary/aromatic N) is 1. The summed E-state index contributed by atoms with van der Waals surface area (Å²) in [5.41, 5.74) is 13.8. The Bertz CT molecular complexity index is 1500. The molecule has 0 radical (unpaired) electrons. The van der Waals surface area contributed by atoms with Crippen LogP contribution in [-0.2, 0) is 17.6 Å². The highest BCUT2D eigenvalue weighted by Crippen LogP contribution is 2.36. The van der Waals surface area contributed by atoms with Gasteiger partial charge in [-0.3, -0.25) is 9.59 Å². The lowest BCUT2D eigenvalue weighted by Crippen LogP contribution is -2.46. The molecule has 1 aliphatic rings. The molecular weight excluding hydrogens is 498 g/mol. The molecule has 5 rings (SSSR count). The SMILES string of the molecule is Cc1cc(O)cc(C)c1C[C@H](N)C(=O)N[C@@H]1CCN(C(=O)c2ccccc2)c2ccc(Cc3ccccc3)cc21. The van der Waals surface area contributed by atoms with Crippen LogP contribution in [0.25, 0.3) is 0 Å². The molecule has 6 heteroatoms. The Kier molecular flexibility index (Phi) is 7.99. The zero-order valence-electron chi connectivity index (χ0n) is 22.9. The van der Waals surface area contributed by atoms with Gasteiger partial charge in [-0.25, -0.2) is 0 Å². The average Bonchev–Trinajstić information content (AvgIpc) is 2.95. The molecule has 0 fully saturated rings. The maximum absolute atomic E-state index is 13.5. The molecular formula is C34H35N3O3. The van der Waals surface area contributed by atoms with E-state index < -0.39 is 6.04 Å². The van der Waals surface area contributed by atoms with Crippen LogP contribution in [0.1, 0.15) is 56.2 Å². The Morgan fingerprint density at radius 2 is 1.57 bits per heavy atom. The van der Waals surface area contributed by atoms with Crippen LogP contribution in [0.5, 0.6) is 5.75 Å². The number of phenols is 1. The van der Waals surface area contributed by atoms with Gasteiger partial charge in [-0.15, -0.1) is 0 Å². The number of carbonyl (C=O) groups excluding carboxylic acids is 2. The summed E-state index contributed by atoms with van der Waals surface area (Å²) >= 11 is 0. The largest absolute Gasteiger partial charge is 0.508 e. The van der Waals surface area contributed by atoms with Gasteiger partial charge in [0, 0.05) is 17.8 Å². The van der Waals surface area contributed by atoms with Crippen molar-refractivity contribution in [3.8, 4) is 5.75 Å². The maximum atomic E-state index is 13.5. The molecule has 40 heavy (non-hydrogen) atoms. The Hall–Kier alpha value is -4.42. The monoisotopic (exact) mass is 533 g/mol. The van der Waals surface area contributed by atoms with Crippen LogP contribution in [-0.4, -0.2) is 29.5 Å². The first-order valence-electron chi connectivity index (χ1n) is 13.7. The Balaban J connectivity index is 1.41. The number of carbonyl (C=O) groups is 2. The van der Waals surface area contributed by atoms with E-state index in [0.29, 0.717) is 24.9 Å². The predicted octanol–water partition coefficient (Wildman–Crippen LogP) is 5.38. The van der Waals surface area contributed by atoms with Crippen molar-refractivity contribution in [3.05, 3.63) is 130 Å². The number of phenolic OH excluding ortho intramolecular Hbond substituents is 1. The number of anilines is 1.